The smallest absolute Gasteiger partial charge is 0.204 e. The van der Waals surface area contributed by atoms with Crippen LogP contribution in [0.5, 0.6) is 0 Å². The van der Waals surface area contributed by atoms with Crippen LogP contribution in [0.25, 0.3) is 11.1 Å². The molecule has 0 saturated heterocycles. The first kappa shape index (κ1) is 14.9. The van der Waals surface area contributed by atoms with Crippen LogP contribution in [0.2, 0.25) is 6.82 Å². The maximum Gasteiger partial charge on any atom is 0.216 e. The Bertz CT molecular complexity index is 776. The van der Waals surface area contributed by atoms with Crippen molar-refractivity contribution >= 4 is 17.6 Å². The number of fused-ring (bicyclic) bond motifs is 3. The lowest BCUT2D eigenvalue weighted by Gasteiger charge is -2.09. The van der Waals surface area contributed by atoms with Gasteiger partial charge in [0.15, 0.2) is 46.5 Å². The third-order valence-corrected chi connectivity index (χ3v) is 3.72. The summed E-state index contributed by atoms with van der Waals surface area (Å²) in [5, 5.41) is 0. The fourth-order valence-electron chi connectivity index (χ4n) is 2.74. The molecule has 2 aromatic carbocycles. The van der Waals surface area contributed by atoms with E-state index in [1.54, 1.807) is 0 Å². The van der Waals surface area contributed by atoms with Gasteiger partial charge in [-0.1, -0.05) is 6.82 Å². The van der Waals surface area contributed by atoms with E-state index in [1.165, 1.54) is 0 Å². The van der Waals surface area contributed by atoms with Crippen LogP contribution in [0.1, 0.15) is 0 Å². The fourth-order valence-corrected chi connectivity index (χ4v) is 2.74. The van der Waals surface area contributed by atoms with E-state index >= 15 is 0 Å². The maximum absolute atomic E-state index is 13.9. The second-order valence-corrected chi connectivity index (χ2v) is 4.81. The molecule has 1 aliphatic rings. The van der Waals surface area contributed by atoms with Crippen LogP contribution in [-0.4, -0.2) is 6.71 Å². The van der Waals surface area contributed by atoms with E-state index in [0.717, 1.165) is 6.82 Å². The topological polar surface area (TPSA) is 0 Å². The molecule has 9 heteroatoms. The third-order valence-electron chi connectivity index (χ3n) is 3.72. The third kappa shape index (κ3) is 1.53. The largest absolute Gasteiger partial charge is 0.216 e. The van der Waals surface area contributed by atoms with E-state index in [4.69, 9.17) is 0 Å². The van der Waals surface area contributed by atoms with Crippen molar-refractivity contribution in [1.29, 1.82) is 0 Å². The van der Waals surface area contributed by atoms with Crippen LogP contribution in [0.4, 0.5) is 35.1 Å². The molecule has 0 aromatic heterocycles. The van der Waals surface area contributed by atoms with Crippen LogP contribution in [-0.2, 0) is 0 Å². The highest BCUT2D eigenvalue weighted by atomic mass is 19.2. The van der Waals surface area contributed by atoms with Crippen LogP contribution in [0.3, 0.4) is 0 Å². The Morgan fingerprint density at radius 3 is 1.05 bits per heavy atom. The monoisotopic (exact) mass is 322 g/mol. The molecule has 0 radical (unpaired) electrons. The van der Waals surface area contributed by atoms with Crippen LogP contribution >= 0.6 is 0 Å². The van der Waals surface area contributed by atoms with Crippen LogP contribution < -0.4 is 10.9 Å². The molecule has 114 valence electrons. The average Bonchev–Trinajstić information content (AvgIpc) is 2.80. The van der Waals surface area contributed by atoms with E-state index in [2.05, 4.69) is 0 Å². The highest BCUT2D eigenvalue weighted by molar-refractivity contribution is 6.88. The molecule has 0 bridgehead atoms. The Morgan fingerprint density at radius 2 is 0.727 bits per heavy atom. The van der Waals surface area contributed by atoms with Crippen molar-refractivity contribution in [2.75, 3.05) is 0 Å². The molecule has 0 N–H and O–H groups in total. The summed E-state index contributed by atoms with van der Waals surface area (Å²) in [4.78, 5) is 0. The van der Waals surface area contributed by atoms with Gasteiger partial charge >= 0.3 is 0 Å². The highest BCUT2D eigenvalue weighted by Crippen LogP contribution is 2.34. The predicted octanol–water partition coefficient (Wildman–Crippen LogP) is 3.02. The maximum atomic E-state index is 13.9. The molecule has 0 atom stereocenters. The minimum atomic E-state index is -2.25. The van der Waals surface area contributed by atoms with Gasteiger partial charge in [-0.2, -0.15) is 0 Å². The van der Waals surface area contributed by atoms with Gasteiger partial charge in [-0.05, 0) is 10.9 Å². The van der Waals surface area contributed by atoms with Crippen LogP contribution in [0.15, 0.2) is 0 Å². The van der Waals surface area contributed by atoms with E-state index < -0.39 is 75.3 Å². The zero-order valence-electron chi connectivity index (χ0n) is 10.6. The minimum absolute atomic E-state index is 0.894. The summed E-state index contributed by atoms with van der Waals surface area (Å²) in [6.07, 6.45) is 0. The van der Waals surface area contributed by atoms with E-state index in [-0.39, 0.29) is 0 Å². The molecular weight excluding hydrogens is 319 g/mol. The Kier molecular flexibility index (Phi) is 3.02. The minimum Gasteiger partial charge on any atom is -0.204 e. The summed E-state index contributed by atoms with van der Waals surface area (Å²) in [5.74, 6) is -16.6. The molecule has 2 aromatic rings. The van der Waals surface area contributed by atoms with Crippen molar-refractivity contribution in [3.63, 3.8) is 0 Å². The van der Waals surface area contributed by atoms with Crippen molar-refractivity contribution in [3.05, 3.63) is 46.5 Å². The SMILES string of the molecule is CB1c2c(F)c(F)c(F)c(F)c2-c2c(F)c(F)c(F)c(F)c21. The van der Waals surface area contributed by atoms with Gasteiger partial charge in [0.25, 0.3) is 0 Å². The van der Waals surface area contributed by atoms with Crippen molar-refractivity contribution < 1.29 is 35.1 Å². The zero-order valence-corrected chi connectivity index (χ0v) is 10.6. The summed E-state index contributed by atoms with van der Waals surface area (Å²) >= 11 is 0. The van der Waals surface area contributed by atoms with Gasteiger partial charge in [-0.15, -0.1) is 0 Å². The molecule has 0 saturated carbocycles. The number of benzene rings is 2. The summed E-state index contributed by atoms with van der Waals surface area (Å²) in [7, 11) is 0. The van der Waals surface area contributed by atoms with Crippen molar-refractivity contribution in [2.45, 2.75) is 6.82 Å². The number of hydrogen-bond acceptors (Lipinski definition) is 0. The quantitative estimate of drug-likeness (QED) is 0.303. The van der Waals surface area contributed by atoms with E-state index in [1.807, 2.05) is 0 Å². The van der Waals surface area contributed by atoms with Crippen molar-refractivity contribution in [2.24, 2.45) is 0 Å². The lowest BCUT2D eigenvalue weighted by molar-refractivity contribution is 0.409. The Hall–Kier alpha value is -2.06. The van der Waals surface area contributed by atoms with E-state index in [9.17, 15) is 35.1 Å². The Morgan fingerprint density at radius 1 is 0.455 bits per heavy atom. The molecular formula is C13H3BF8. The number of hydrogen-bond donors (Lipinski definition) is 0. The van der Waals surface area contributed by atoms with Crippen LogP contribution in [0, 0.1) is 46.5 Å². The van der Waals surface area contributed by atoms with Crippen molar-refractivity contribution in [3.8, 4) is 11.1 Å². The summed E-state index contributed by atoms with van der Waals surface area (Å²) in [5.41, 5.74) is -4.08. The molecule has 0 fully saturated rings. The molecule has 3 rings (SSSR count). The standard InChI is InChI=1S/C13H3BF8/c1-14-4-2(6(15)10(19)12(21)8(4)17)3-5(14)9(18)13(22)11(20)7(3)16/h1H3. The fraction of sp³-hybridized carbons (Fsp3) is 0.0769. The van der Waals surface area contributed by atoms with Gasteiger partial charge in [-0.25, -0.2) is 35.1 Å². The molecule has 1 aliphatic heterocycles. The average molecular weight is 322 g/mol. The van der Waals surface area contributed by atoms with Gasteiger partial charge in [0, 0.05) is 11.1 Å². The molecule has 1 heterocycles. The lowest BCUT2D eigenvalue weighted by Crippen LogP contribution is -2.40. The molecule has 0 spiro atoms. The van der Waals surface area contributed by atoms with Gasteiger partial charge in [-0.3, -0.25) is 0 Å². The Labute approximate surface area is 118 Å². The molecule has 0 amide bonds. The second-order valence-electron chi connectivity index (χ2n) is 4.81. The van der Waals surface area contributed by atoms with Gasteiger partial charge in [0.05, 0.1) is 0 Å². The zero-order chi connectivity index (χ0) is 16.5. The number of halogens is 8. The molecule has 0 nitrogen and oxygen atoms in total. The first-order valence-corrected chi connectivity index (χ1v) is 5.92. The lowest BCUT2D eigenvalue weighted by atomic mass is 9.45. The number of rotatable bonds is 0. The summed E-state index contributed by atoms with van der Waals surface area (Å²) in [6, 6.07) is 0. The van der Waals surface area contributed by atoms with Gasteiger partial charge in [0.2, 0.25) is 6.71 Å². The second kappa shape index (κ2) is 4.47. The Balaban J connectivity index is 2.56. The van der Waals surface area contributed by atoms with E-state index in [0.29, 0.717) is 0 Å². The molecule has 0 unspecified atom stereocenters. The first-order valence-electron chi connectivity index (χ1n) is 5.92. The van der Waals surface area contributed by atoms with Gasteiger partial charge in [0.1, 0.15) is 0 Å². The molecule has 0 aliphatic carbocycles. The summed E-state index contributed by atoms with van der Waals surface area (Å²) in [6.45, 7) is -0.524. The summed E-state index contributed by atoms with van der Waals surface area (Å²) < 4.78 is 108. The first-order chi connectivity index (χ1) is 10.2. The normalized spacial score (nSPS) is 12.7. The molecule has 22 heavy (non-hydrogen) atoms. The highest BCUT2D eigenvalue weighted by Gasteiger charge is 2.43. The van der Waals surface area contributed by atoms with Crippen molar-refractivity contribution in [1.82, 2.24) is 0 Å². The van der Waals surface area contributed by atoms with Gasteiger partial charge < -0.3 is 0 Å². The predicted molar refractivity (Wildman–Crippen MR) is 62.4 cm³/mol.